The van der Waals surface area contributed by atoms with E-state index >= 15 is 0 Å². The van der Waals surface area contributed by atoms with Crippen LogP contribution in [0.4, 0.5) is 5.69 Å². The third-order valence-corrected chi connectivity index (χ3v) is 7.88. The van der Waals surface area contributed by atoms with Crippen molar-refractivity contribution in [2.24, 2.45) is 0 Å². The van der Waals surface area contributed by atoms with E-state index in [0.29, 0.717) is 13.0 Å². The van der Waals surface area contributed by atoms with E-state index in [2.05, 4.69) is 11.0 Å². The zero-order chi connectivity index (χ0) is 19.7. The average molecular weight is 409 g/mol. The Hall–Kier alpha value is -1.80. The molecule has 1 amide bonds. The number of anilines is 1. The lowest BCUT2D eigenvalue weighted by Gasteiger charge is -2.35. The molecule has 1 aromatic rings. The van der Waals surface area contributed by atoms with Gasteiger partial charge in [0.15, 0.2) is 16.4 Å². The van der Waals surface area contributed by atoms with Crippen molar-refractivity contribution in [3.63, 3.8) is 0 Å². The van der Waals surface area contributed by atoms with Gasteiger partial charge in [0.2, 0.25) is 0 Å². The summed E-state index contributed by atoms with van der Waals surface area (Å²) < 4.78 is 29.2. The second-order valence-electron chi connectivity index (χ2n) is 8.17. The number of rotatable bonds is 6. The van der Waals surface area contributed by atoms with Crippen molar-refractivity contribution < 1.29 is 22.8 Å². The molecule has 1 atom stereocenters. The lowest BCUT2D eigenvalue weighted by Crippen LogP contribution is -3.16. The van der Waals surface area contributed by atoms with Crippen LogP contribution in [0.2, 0.25) is 0 Å². The third-order valence-electron chi connectivity index (χ3n) is 6.13. The van der Waals surface area contributed by atoms with Crippen LogP contribution in [0.25, 0.3) is 0 Å². The number of carbonyl (C=O) groups excluding carboxylic acids is 1. The Bertz CT molecular complexity index is 816. The van der Waals surface area contributed by atoms with E-state index in [1.807, 2.05) is 23.1 Å². The minimum atomic E-state index is -2.98. The number of piperazine rings is 1. The Balaban J connectivity index is 1.34. The quantitative estimate of drug-likeness (QED) is 0.692. The smallest absolute Gasteiger partial charge is 0.278 e. The van der Waals surface area contributed by atoms with E-state index in [4.69, 9.17) is 4.74 Å². The molecule has 2 aliphatic heterocycles. The molecule has 3 fully saturated rings. The van der Waals surface area contributed by atoms with E-state index in [1.165, 1.54) is 4.90 Å². The summed E-state index contributed by atoms with van der Waals surface area (Å²) in [7, 11) is -1.29. The monoisotopic (exact) mass is 408 g/mol. The molecule has 28 heavy (non-hydrogen) atoms. The first-order valence-corrected chi connectivity index (χ1v) is 12.0. The van der Waals surface area contributed by atoms with Crippen LogP contribution in [0, 0.1) is 0 Å². The first kappa shape index (κ1) is 19.5. The molecule has 2 saturated heterocycles. The standard InChI is InChI=1S/C20H29N3O4S/c1-27-19-5-3-2-4-18(19)22-11-9-21(10-12-22)14-20(24)23(16-6-7-16)17-8-13-28(25,26)15-17/h2-5,16-17H,6-15H2,1H3/p+1/t17-/m1/s1. The summed E-state index contributed by atoms with van der Waals surface area (Å²) in [5.41, 5.74) is 1.10. The number of hydrogen-bond acceptors (Lipinski definition) is 5. The van der Waals surface area contributed by atoms with Crippen LogP contribution in [0.5, 0.6) is 5.75 Å². The molecule has 2 heterocycles. The first-order valence-electron chi connectivity index (χ1n) is 10.2. The molecule has 1 saturated carbocycles. The predicted molar refractivity (Wildman–Crippen MR) is 108 cm³/mol. The fraction of sp³-hybridized carbons (Fsp3) is 0.650. The largest absolute Gasteiger partial charge is 0.495 e. The second-order valence-corrected chi connectivity index (χ2v) is 10.4. The van der Waals surface area contributed by atoms with Crippen LogP contribution in [-0.4, -0.2) is 82.6 Å². The van der Waals surface area contributed by atoms with Crippen LogP contribution in [0.1, 0.15) is 19.3 Å². The minimum Gasteiger partial charge on any atom is -0.495 e. The summed E-state index contributed by atoms with van der Waals surface area (Å²) in [5.74, 6) is 1.37. The second kappa shape index (κ2) is 7.91. The summed E-state index contributed by atoms with van der Waals surface area (Å²) in [6.45, 7) is 4.01. The topological polar surface area (TPSA) is 71.4 Å². The minimum absolute atomic E-state index is 0.112. The van der Waals surface area contributed by atoms with Gasteiger partial charge in [-0.25, -0.2) is 8.42 Å². The van der Waals surface area contributed by atoms with Crippen LogP contribution in [0.15, 0.2) is 24.3 Å². The Kier molecular flexibility index (Phi) is 5.51. The highest BCUT2D eigenvalue weighted by Gasteiger charge is 2.43. The number of ether oxygens (including phenoxy) is 1. The molecule has 0 radical (unpaired) electrons. The molecule has 8 heteroatoms. The fourth-order valence-corrected chi connectivity index (χ4v) is 6.20. The average Bonchev–Trinajstić information content (AvgIpc) is 3.45. The van der Waals surface area contributed by atoms with Crippen molar-refractivity contribution in [1.29, 1.82) is 0 Å². The molecule has 4 rings (SSSR count). The molecular weight excluding hydrogens is 378 g/mol. The molecular formula is C20H30N3O4S+. The van der Waals surface area contributed by atoms with Crippen molar-refractivity contribution in [1.82, 2.24) is 4.90 Å². The number of hydrogen-bond donors (Lipinski definition) is 1. The van der Waals surface area contributed by atoms with Crippen LogP contribution in [-0.2, 0) is 14.6 Å². The summed E-state index contributed by atoms with van der Waals surface area (Å²) in [5, 5.41) is 0. The molecule has 1 aromatic carbocycles. The van der Waals surface area contributed by atoms with E-state index in [-0.39, 0.29) is 29.5 Å². The Labute approximate surface area is 167 Å². The normalized spacial score (nSPS) is 24.9. The van der Waals surface area contributed by atoms with E-state index in [9.17, 15) is 13.2 Å². The predicted octanol–water partition coefficient (Wildman–Crippen LogP) is -0.422. The number of quaternary nitrogens is 1. The molecule has 0 aromatic heterocycles. The van der Waals surface area contributed by atoms with Gasteiger partial charge in [-0.1, -0.05) is 12.1 Å². The van der Waals surface area contributed by atoms with Gasteiger partial charge in [-0.15, -0.1) is 0 Å². The van der Waals surface area contributed by atoms with Crippen molar-refractivity contribution in [3.05, 3.63) is 24.3 Å². The summed E-state index contributed by atoms with van der Waals surface area (Å²) in [6, 6.07) is 8.19. The maximum atomic E-state index is 13.0. The van der Waals surface area contributed by atoms with Gasteiger partial charge in [0.25, 0.3) is 5.91 Å². The van der Waals surface area contributed by atoms with Crippen molar-refractivity contribution in [2.75, 3.05) is 56.2 Å². The van der Waals surface area contributed by atoms with E-state index < -0.39 is 9.84 Å². The van der Waals surface area contributed by atoms with Crippen LogP contribution < -0.4 is 14.5 Å². The number of carbonyl (C=O) groups is 1. The van der Waals surface area contributed by atoms with Gasteiger partial charge in [0.1, 0.15) is 5.75 Å². The summed E-state index contributed by atoms with van der Waals surface area (Å²) in [6.07, 6.45) is 2.62. The highest BCUT2D eigenvalue weighted by Crippen LogP contribution is 2.32. The molecule has 0 unspecified atom stereocenters. The molecule has 7 nitrogen and oxygen atoms in total. The number of amides is 1. The van der Waals surface area contributed by atoms with Gasteiger partial charge < -0.3 is 19.4 Å². The molecule has 0 bridgehead atoms. The number of benzene rings is 1. The number of methoxy groups -OCH3 is 1. The molecule has 0 spiro atoms. The van der Waals surface area contributed by atoms with Crippen LogP contribution >= 0.6 is 0 Å². The summed E-state index contributed by atoms with van der Waals surface area (Å²) in [4.78, 5) is 18.5. The number of nitrogens with one attached hydrogen (secondary N) is 1. The van der Waals surface area contributed by atoms with E-state index in [1.54, 1.807) is 7.11 Å². The van der Waals surface area contributed by atoms with Gasteiger partial charge in [0, 0.05) is 12.1 Å². The van der Waals surface area contributed by atoms with Crippen LogP contribution in [0.3, 0.4) is 0 Å². The highest BCUT2D eigenvalue weighted by molar-refractivity contribution is 7.91. The first-order chi connectivity index (χ1) is 13.5. The van der Waals surface area contributed by atoms with Crippen molar-refractivity contribution >= 4 is 21.4 Å². The van der Waals surface area contributed by atoms with Gasteiger partial charge in [-0.2, -0.15) is 0 Å². The zero-order valence-corrected chi connectivity index (χ0v) is 17.3. The molecule has 154 valence electrons. The van der Waals surface area contributed by atoms with Gasteiger partial charge in [0.05, 0.1) is 50.5 Å². The molecule has 3 aliphatic rings. The lowest BCUT2D eigenvalue weighted by molar-refractivity contribution is -0.892. The molecule has 1 aliphatic carbocycles. The van der Waals surface area contributed by atoms with Crippen molar-refractivity contribution in [3.8, 4) is 5.75 Å². The van der Waals surface area contributed by atoms with Gasteiger partial charge in [-0.3, -0.25) is 4.79 Å². The van der Waals surface area contributed by atoms with Crippen molar-refractivity contribution in [2.45, 2.75) is 31.3 Å². The van der Waals surface area contributed by atoms with Gasteiger partial charge in [-0.05, 0) is 31.4 Å². The SMILES string of the molecule is COc1ccccc1N1CC[NH+](CC(=O)N(C2CC2)[C@@H]2CCS(=O)(=O)C2)CC1. The maximum absolute atomic E-state index is 13.0. The number of sulfone groups is 1. The van der Waals surface area contributed by atoms with E-state index in [0.717, 1.165) is 50.5 Å². The molecule has 1 N–H and O–H groups in total. The Morgan fingerprint density at radius 1 is 1.18 bits per heavy atom. The summed E-state index contributed by atoms with van der Waals surface area (Å²) >= 11 is 0. The lowest BCUT2D eigenvalue weighted by atomic mass is 10.2. The number of nitrogens with zero attached hydrogens (tertiary/aromatic N) is 2. The zero-order valence-electron chi connectivity index (χ0n) is 16.5. The Morgan fingerprint density at radius 3 is 2.50 bits per heavy atom. The fourth-order valence-electron chi connectivity index (χ4n) is 4.49. The highest BCUT2D eigenvalue weighted by atomic mass is 32.2. The number of para-hydroxylation sites is 2. The van der Waals surface area contributed by atoms with Gasteiger partial charge >= 0.3 is 0 Å². The Morgan fingerprint density at radius 2 is 1.89 bits per heavy atom. The maximum Gasteiger partial charge on any atom is 0.278 e. The third kappa shape index (κ3) is 4.27.